The van der Waals surface area contributed by atoms with Crippen molar-refractivity contribution < 1.29 is 14.3 Å². The summed E-state index contributed by atoms with van der Waals surface area (Å²) in [6.07, 6.45) is 1.45. The van der Waals surface area contributed by atoms with Crippen LogP contribution in [0.25, 0.3) is 22.0 Å². The molecule has 2 aromatic heterocycles. The van der Waals surface area contributed by atoms with Crippen molar-refractivity contribution in [3.63, 3.8) is 0 Å². The van der Waals surface area contributed by atoms with Crippen LogP contribution in [0, 0.1) is 5.82 Å². The van der Waals surface area contributed by atoms with Crippen LogP contribution in [-0.2, 0) is 0 Å². The number of aromatic nitrogens is 2. The average molecular weight is 300 g/mol. The number of rotatable bonds is 3. The van der Waals surface area contributed by atoms with Crippen molar-refractivity contribution in [3.8, 4) is 22.0 Å². The van der Waals surface area contributed by atoms with Crippen LogP contribution in [0.2, 0.25) is 0 Å². The zero-order valence-electron chi connectivity index (χ0n) is 10.7. The minimum Gasteiger partial charge on any atom is -0.477 e. The van der Waals surface area contributed by atoms with E-state index in [1.165, 1.54) is 18.3 Å². The number of pyridine rings is 1. The lowest BCUT2D eigenvalue weighted by molar-refractivity contribution is 0.0702. The lowest BCUT2D eigenvalue weighted by Crippen LogP contribution is -1.95. The van der Waals surface area contributed by atoms with Crippen LogP contribution in [0.5, 0.6) is 0 Å². The first-order valence-electron chi connectivity index (χ1n) is 6.07. The van der Waals surface area contributed by atoms with Gasteiger partial charge in [0.05, 0.1) is 5.69 Å². The van der Waals surface area contributed by atoms with Gasteiger partial charge in [-0.15, -0.1) is 11.3 Å². The number of carboxylic acid groups (broad SMARTS) is 1. The molecule has 0 unspecified atom stereocenters. The van der Waals surface area contributed by atoms with E-state index in [9.17, 15) is 14.3 Å². The first kappa shape index (κ1) is 13.4. The minimum absolute atomic E-state index is 0.0622. The first-order valence-corrected chi connectivity index (χ1v) is 6.89. The van der Waals surface area contributed by atoms with E-state index in [0.29, 0.717) is 11.3 Å². The van der Waals surface area contributed by atoms with Gasteiger partial charge in [0.15, 0.2) is 5.82 Å². The summed E-state index contributed by atoms with van der Waals surface area (Å²) in [5.74, 6) is -1.61. The molecule has 0 saturated heterocycles. The summed E-state index contributed by atoms with van der Waals surface area (Å²) in [5.41, 5.74) is 1.06. The molecule has 0 bridgehead atoms. The van der Waals surface area contributed by atoms with Crippen LogP contribution in [0.1, 0.15) is 9.67 Å². The maximum Gasteiger partial charge on any atom is 0.348 e. The molecular formula is C15H9FN2O2S. The van der Waals surface area contributed by atoms with E-state index in [-0.39, 0.29) is 15.6 Å². The van der Waals surface area contributed by atoms with E-state index >= 15 is 0 Å². The highest BCUT2D eigenvalue weighted by Crippen LogP contribution is 2.33. The monoisotopic (exact) mass is 300 g/mol. The van der Waals surface area contributed by atoms with Crippen LogP contribution >= 0.6 is 11.3 Å². The van der Waals surface area contributed by atoms with Crippen molar-refractivity contribution in [1.82, 2.24) is 9.97 Å². The lowest BCUT2D eigenvalue weighted by Gasteiger charge is -1.98. The van der Waals surface area contributed by atoms with E-state index in [2.05, 4.69) is 9.97 Å². The van der Waals surface area contributed by atoms with E-state index in [0.717, 1.165) is 11.3 Å². The van der Waals surface area contributed by atoms with Gasteiger partial charge in [0, 0.05) is 11.8 Å². The molecular weight excluding hydrogens is 291 g/mol. The first-order chi connectivity index (χ1) is 10.2. The Bertz CT molecular complexity index is 802. The summed E-state index contributed by atoms with van der Waals surface area (Å²) >= 11 is 0.917. The number of halogens is 1. The predicted octanol–water partition coefficient (Wildman–Crippen LogP) is 3.71. The van der Waals surface area contributed by atoms with E-state index in [4.69, 9.17) is 0 Å². The zero-order valence-corrected chi connectivity index (χ0v) is 11.5. The second kappa shape index (κ2) is 5.41. The average Bonchev–Trinajstić information content (AvgIpc) is 2.94. The van der Waals surface area contributed by atoms with Crippen molar-refractivity contribution in [3.05, 3.63) is 59.4 Å². The zero-order chi connectivity index (χ0) is 14.8. The number of carbonyl (C=O) groups is 1. The third-order valence-corrected chi connectivity index (χ3v) is 3.88. The summed E-state index contributed by atoms with van der Waals surface area (Å²) in [7, 11) is 0. The summed E-state index contributed by atoms with van der Waals surface area (Å²) in [6.45, 7) is 0. The number of hydrogen-bond acceptors (Lipinski definition) is 4. The SMILES string of the molecule is O=C(O)c1sc(-c2ncccc2F)nc1-c1ccccc1. The van der Waals surface area contributed by atoms with Gasteiger partial charge in [0.25, 0.3) is 0 Å². The van der Waals surface area contributed by atoms with Crippen LogP contribution in [0.4, 0.5) is 4.39 Å². The van der Waals surface area contributed by atoms with Gasteiger partial charge in [-0.05, 0) is 12.1 Å². The van der Waals surface area contributed by atoms with E-state index < -0.39 is 11.8 Å². The quantitative estimate of drug-likeness (QED) is 0.801. The molecule has 0 fully saturated rings. The van der Waals surface area contributed by atoms with Gasteiger partial charge in [-0.25, -0.2) is 14.2 Å². The second-order valence-corrected chi connectivity index (χ2v) is 5.20. The molecule has 1 N–H and O–H groups in total. The van der Waals surface area contributed by atoms with Crippen LogP contribution in [0.15, 0.2) is 48.7 Å². The van der Waals surface area contributed by atoms with Gasteiger partial charge in [0.1, 0.15) is 15.6 Å². The summed E-state index contributed by atoms with van der Waals surface area (Å²) < 4.78 is 13.8. The van der Waals surface area contributed by atoms with Crippen molar-refractivity contribution in [1.29, 1.82) is 0 Å². The highest BCUT2D eigenvalue weighted by molar-refractivity contribution is 7.17. The Hall–Kier alpha value is -2.60. The molecule has 2 heterocycles. The number of hydrogen-bond donors (Lipinski definition) is 1. The highest BCUT2D eigenvalue weighted by atomic mass is 32.1. The molecule has 0 aliphatic carbocycles. The Morgan fingerprint density at radius 1 is 1.10 bits per heavy atom. The number of thiazole rings is 1. The topological polar surface area (TPSA) is 63.1 Å². The Morgan fingerprint density at radius 2 is 1.86 bits per heavy atom. The number of benzene rings is 1. The number of carboxylic acids is 1. The molecule has 104 valence electrons. The Balaban J connectivity index is 2.18. The van der Waals surface area contributed by atoms with Gasteiger partial charge >= 0.3 is 5.97 Å². The van der Waals surface area contributed by atoms with Crippen LogP contribution in [0.3, 0.4) is 0 Å². The molecule has 4 nitrogen and oxygen atoms in total. The molecule has 0 amide bonds. The van der Waals surface area contributed by atoms with Gasteiger partial charge < -0.3 is 5.11 Å². The summed E-state index contributed by atoms with van der Waals surface area (Å²) in [6, 6.07) is 11.7. The fraction of sp³-hybridized carbons (Fsp3) is 0. The molecule has 0 atom stereocenters. The fourth-order valence-corrected chi connectivity index (χ4v) is 2.83. The standard InChI is InChI=1S/C15H9FN2O2S/c16-10-7-4-8-17-12(10)14-18-11(13(21-14)15(19)20)9-5-2-1-3-6-9/h1-8H,(H,19,20). The van der Waals surface area contributed by atoms with Crippen molar-refractivity contribution >= 4 is 17.3 Å². The molecule has 0 aliphatic heterocycles. The lowest BCUT2D eigenvalue weighted by atomic mass is 10.1. The minimum atomic E-state index is -1.09. The molecule has 0 spiro atoms. The molecule has 1 aromatic carbocycles. The van der Waals surface area contributed by atoms with Crippen LogP contribution in [-0.4, -0.2) is 21.0 Å². The highest BCUT2D eigenvalue weighted by Gasteiger charge is 2.21. The largest absolute Gasteiger partial charge is 0.477 e. The molecule has 21 heavy (non-hydrogen) atoms. The fourth-order valence-electron chi connectivity index (χ4n) is 1.90. The smallest absolute Gasteiger partial charge is 0.348 e. The Morgan fingerprint density at radius 3 is 2.52 bits per heavy atom. The van der Waals surface area contributed by atoms with Gasteiger partial charge in [-0.1, -0.05) is 30.3 Å². The molecule has 3 rings (SSSR count). The predicted molar refractivity (Wildman–Crippen MR) is 77.7 cm³/mol. The Kier molecular flexibility index (Phi) is 3.45. The van der Waals surface area contributed by atoms with Gasteiger partial charge in [-0.2, -0.15) is 0 Å². The molecule has 0 saturated carbocycles. The maximum absolute atomic E-state index is 13.8. The van der Waals surface area contributed by atoms with Gasteiger partial charge in [-0.3, -0.25) is 4.98 Å². The summed E-state index contributed by atoms with van der Waals surface area (Å²) in [5, 5.41) is 9.57. The number of nitrogens with zero attached hydrogens (tertiary/aromatic N) is 2. The Labute approximate surface area is 123 Å². The van der Waals surface area contributed by atoms with Crippen molar-refractivity contribution in [2.24, 2.45) is 0 Å². The van der Waals surface area contributed by atoms with E-state index in [1.807, 2.05) is 6.07 Å². The summed E-state index contributed by atoms with van der Waals surface area (Å²) in [4.78, 5) is 19.7. The molecule has 0 radical (unpaired) electrons. The van der Waals surface area contributed by atoms with Crippen LogP contribution < -0.4 is 0 Å². The third kappa shape index (κ3) is 2.53. The van der Waals surface area contributed by atoms with Crippen molar-refractivity contribution in [2.75, 3.05) is 0 Å². The third-order valence-electron chi connectivity index (χ3n) is 2.83. The molecule has 6 heteroatoms. The number of aromatic carboxylic acids is 1. The van der Waals surface area contributed by atoms with Crippen molar-refractivity contribution in [2.45, 2.75) is 0 Å². The molecule has 0 aliphatic rings. The normalized spacial score (nSPS) is 10.5. The molecule has 3 aromatic rings. The second-order valence-electron chi connectivity index (χ2n) is 4.20. The van der Waals surface area contributed by atoms with Gasteiger partial charge in [0.2, 0.25) is 0 Å². The van der Waals surface area contributed by atoms with E-state index in [1.54, 1.807) is 24.3 Å². The maximum atomic E-state index is 13.8.